The topological polar surface area (TPSA) is 12.0 Å². The molecule has 0 atom stereocenters. The Morgan fingerprint density at radius 3 is 2.67 bits per heavy atom. The zero-order valence-electron chi connectivity index (χ0n) is 10.0. The third-order valence-electron chi connectivity index (χ3n) is 3.34. The van der Waals surface area contributed by atoms with Crippen molar-refractivity contribution in [3.63, 3.8) is 0 Å². The Kier molecular flexibility index (Phi) is 7.20. The molecule has 15 heavy (non-hydrogen) atoms. The second kappa shape index (κ2) is 8.23. The minimum absolute atomic E-state index is 0.803. The molecule has 1 nitrogen and oxygen atoms in total. The van der Waals surface area contributed by atoms with Crippen molar-refractivity contribution >= 4 is 11.8 Å². The molecule has 0 unspecified atom stereocenters. The average Bonchev–Trinajstić information content (AvgIpc) is 2.30. The van der Waals surface area contributed by atoms with Crippen LogP contribution in [-0.2, 0) is 0 Å². The highest BCUT2D eigenvalue weighted by atomic mass is 32.2. The molecule has 1 aliphatic rings. The van der Waals surface area contributed by atoms with E-state index in [4.69, 9.17) is 0 Å². The lowest BCUT2D eigenvalue weighted by Crippen LogP contribution is -2.34. The van der Waals surface area contributed by atoms with Crippen LogP contribution in [0.25, 0.3) is 0 Å². The van der Waals surface area contributed by atoms with Crippen LogP contribution < -0.4 is 5.32 Å². The Hall–Kier alpha value is 0.0500. The zero-order chi connectivity index (χ0) is 10.9. The van der Waals surface area contributed by atoms with E-state index in [1.165, 1.54) is 44.4 Å². The molecular formula is C13H25NS. The second-order valence-electron chi connectivity index (χ2n) is 4.44. The van der Waals surface area contributed by atoms with Gasteiger partial charge in [-0.15, -0.1) is 6.58 Å². The molecule has 0 aliphatic heterocycles. The maximum Gasteiger partial charge on any atom is 0.0111 e. The molecule has 0 bridgehead atoms. The Bertz CT molecular complexity index is 162. The van der Waals surface area contributed by atoms with Crippen molar-refractivity contribution in [2.24, 2.45) is 5.92 Å². The summed E-state index contributed by atoms with van der Waals surface area (Å²) in [5, 5.41) is 3.67. The quantitative estimate of drug-likeness (QED) is 0.528. The SMILES string of the molecule is C=CCSCCNC1CCC(CC)CC1. The van der Waals surface area contributed by atoms with E-state index in [2.05, 4.69) is 18.8 Å². The number of thioether (sulfide) groups is 1. The summed E-state index contributed by atoms with van der Waals surface area (Å²) in [5.74, 6) is 3.32. The van der Waals surface area contributed by atoms with E-state index in [1.54, 1.807) is 0 Å². The number of rotatable bonds is 7. The summed E-state index contributed by atoms with van der Waals surface area (Å²) in [5.41, 5.74) is 0. The molecule has 1 aliphatic carbocycles. The van der Waals surface area contributed by atoms with Gasteiger partial charge >= 0.3 is 0 Å². The largest absolute Gasteiger partial charge is 0.313 e. The van der Waals surface area contributed by atoms with Crippen molar-refractivity contribution in [1.82, 2.24) is 5.32 Å². The fourth-order valence-electron chi connectivity index (χ4n) is 2.28. The van der Waals surface area contributed by atoms with E-state index >= 15 is 0 Å². The maximum absolute atomic E-state index is 3.72. The summed E-state index contributed by atoms with van der Waals surface area (Å²) in [4.78, 5) is 0. The minimum atomic E-state index is 0.803. The molecule has 1 rings (SSSR count). The number of hydrogen-bond donors (Lipinski definition) is 1. The van der Waals surface area contributed by atoms with Crippen molar-refractivity contribution in [1.29, 1.82) is 0 Å². The first kappa shape index (κ1) is 13.1. The molecule has 1 saturated carbocycles. The van der Waals surface area contributed by atoms with Crippen LogP contribution in [0.1, 0.15) is 39.0 Å². The van der Waals surface area contributed by atoms with Crippen LogP contribution in [0.2, 0.25) is 0 Å². The van der Waals surface area contributed by atoms with Gasteiger partial charge in [0.2, 0.25) is 0 Å². The first-order valence-corrected chi connectivity index (χ1v) is 7.44. The lowest BCUT2D eigenvalue weighted by atomic mass is 9.84. The van der Waals surface area contributed by atoms with Crippen molar-refractivity contribution in [3.8, 4) is 0 Å². The Morgan fingerprint density at radius 2 is 2.07 bits per heavy atom. The molecule has 0 aromatic rings. The Labute approximate surface area is 99.1 Å². The lowest BCUT2D eigenvalue weighted by molar-refractivity contribution is 0.289. The van der Waals surface area contributed by atoms with Gasteiger partial charge in [0.1, 0.15) is 0 Å². The fourth-order valence-corrected chi connectivity index (χ4v) is 2.87. The molecule has 0 aromatic heterocycles. The highest BCUT2D eigenvalue weighted by molar-refractivity contribution is 7.99. The molecular weight excluding hydrogens is 202 g/mol. The van der Waals surface area contributed by atoms with Gasteiger partial charge in [0.15, 0.2) is 0 Å². The molecule has 0 aromatic carbocycles. The van der Waals surface area contributed by atoms with Gasteiger partial charge in [0, 0.05) is 24.1 Å². The highest BCUT2D eigenvalue weighted by Gasteiger charge is 2.18. The van der Waals surface area contributed by atoms with Crippen molar-refractivity contribution < 1.29 is 0 Å². The monoisotopic (exact) mass is 227 g/mol. The van der Waals surface area contributed by atoms with Gasteiger partial charge in [-0.3, -0.25) is 0 Å². The summed E-state index contributed by atoms with van der Waals surface area (Å²) in [6.07, 6.45) is 9.02. The number of nitrogens with one attached hydrogen (secondary N) is 1. The maximum atomic E-state index is 3.72. The highest BCUT2D eigenvalue weighted by Crippen LogP contribution is 2.26. The van der Waals surface area contributed by atoms with Gasteiger partial charge in [-0.25, -0.2) is 0 Å². The van der Waals surface area contributed by atoms with Crippen LogP contribution in [0, 0.1) is 5.92 Å². The van der Waals surface area contributed by atoms with Crippen LogP contribution in [-0.4, -0.2) is 24.1 Å². The van der Waals surface area contributed by atoms with Gasteiger partial charge in [0.25, 0.3) is 0 Å². The van der Waals surface area contributed by atoms with Gasteiger partial charge in [-0.2, -0.15) is 11.8 Å². The average molecular weight is 227 g/mol. The van der Waals surface area contributed by atoms with E-state index < -0.39 is 0 Å². The van der Waals surface area contributed by atoms with Crippen LogP contribution in [0.15, 0.2) is 12.7 Å². The fraction of sp³-hybridized carbons (Fsp3) is 0.846. The third-order valence-corrected chi connectivity index (χ3v) is 4.30. The summed E-state index contributed by atoms with van der Waals surface area (Å²) >= 11 is 1.97. The molecule has 0 heterocycles. The lowest BCUT2D eigenvalue weighted by Gasteiger charge is -2.28. The predicted molar refractivity (Wildman–Crippen MR) is 71.6 cm³/mol. The van der Waals surface area contributed by atoms with Crippen LogP contribution >= 0.6 is 11.8 Å². The molecule has 0 spiro atoms. The molecule has 1 N–H and O–H groups in total. The van der Waals surface area contributed by atoms with Crippen LogP contribution in [0.3, 0.4) is 0 Å². The molecule has 0 radical (unpaired) electrons. The standard InChI is InChI=1S/C13H25NS/c1-3-10-15-11-9-14-13-7-5-12(4-2)6-8-13/h3,12-14H,1,4-11H2,2H3. The van der Waals surface area contributed by atoms with Gasteiger partial charge in [0.05, 0.1) is 0 Å². The van der Waals surface area contributed by atoms with E-state index in [1.807, 2.05) is 17.8 Å². The molecule has 1 fully saturated rings. The van der Waals surface area contributed by atoms with E-state index in [0.29, 0.717) is 0 Å². The smallest absolute Gasteiger partial charge is 0.0111 e. The predicted octanol–water partition coefficient (Wildman–Crippen LogP) is 3.46. The Morgan fingerprint density at radius 1 is 1.33 bits per heavy atom. The van der Waals surface area contributed by atoms with Crippen LogP contribution in [0.5, 0.6) is 0 Å². The summed E-state index contributed by atoms with van der Waals surface area (Å²) in [6.45, 7) is 7.22. The van der Waals surface area contributed by atoms with Crippen LogP contribution in [0.4, 0.5) is 0 Å². The normalized spacial score (nSPS) is 26.5. The van der Waals surface area contributed by atoms with E-state index in [-0.39, 0.29) is 0 Å². The summed E-state index contributed by atoms with van der Waals surface area (Å²) in [6, 6.07) is 0.803. The van der Waals surface area contributed by atoms with Crippen molar-refractivity contribution in [2.45, 2.75) is 45.1 Å². The van der Waals surface area contributed by atoms with Gasteiger partial charge in [-0.05, 0) is 31.6 Å². The van der Waals surface area contributed by atoms with Crippen molar-refractivity contribution in [3.05, 3.63) is 12.7 Å². The van der Waals surface area contributed by atoms with Gasteiger partial charge < -0.3 is 5.32 Å². The third kappa shape index (κ3) is 5.62. The van der Waals surface area contributed by atoms with E-state index in [9.17, 15) is 0 Å². The van der Waals surface area contributed by atoms with Crippen molar-refractivity contribution in [2.75, 3.05) is 18.1 Å². The van der Waals surface area contributed by atoms with Gasteiger partial charge in [-0.1, -0.05) is 19.4 Å². The molecule has 0 amide bonds. The first-order chi connectivity index (χ1) is 7.36. The summed E-state index contributed by atoms with van der Waals surface area (Å²) in [7, 11) is 0. The first-order valence-electron chi connectivity index (χ1n) is 6.28. The summed E-state index contributed by atoms with van der Waals surface area (Å²) < 4.78 is 0. The molecule has 2 heteroatoms. The molecule has 88 valence electrons. The molecule has 0 saturated heterocycles. The Balaban J connectivity index is 1.96. The second-order valence-corrected chi connectivity index (χ2v) is 5.59. The van der Waals surface area contributed by atoms with E-state index in [0.717, 1.165) is 17.7 Å². The number of hydrogen-bond acceptors (Lipinski definition) is 2. The minimum Gasteiger partial charge on any atom is -0.313 e. The zero-order valence-corrected chi connectivity index (χ0v) is 10.8.